The van der Waals surface area contributed by atoms with E-state index in [1.54, 1.807) is 12.1 Å². The molecule has 0 heterocycles. The minimum atomic E-state index is 0.573. The molecule has 0 N–H and O–H groups in total. The molecule has 18 heavy (non-hydrogen) atoms. The molecule has 0 saturated carbocycles. The first-order valence-electron chi connectivity index (χ1n) is 5.72. The van der Waals surface area contributed by atoms with Crippen LogP contribution in [-0.4, -0.2) is 12.9 Å². The lowest BCUT2D eigenvalue weighted by Crippen LogP contribution is -1.90. The van der Waals surface area contributed by atoms with Crippen molar-refractivity contribution in [3.05, 3.63) is 53.1 Å². The van der Waals surface area contributed by atoms with E-state index in [0.717, 1.165) is 23.2 Å². The number of halogens is 1. The SMILES string of the molecule is CCOc1ccc(-c2ccc(C=O)cc2Cl)cc1. The average molecular weight is 261 g/mol. The molecule has 0 aliphatic rings. The second kappa shape index (κ2) is 5.69. The van der Waals surface area contributed by atoms with Gasteiger partial charge in [-0.05, 0) is 30.7 Å². The minimum Gasteiger partial charge on any atom is -0.494 e. The molecule has 0 amide bonds. The van der Waals surface area contributed by atoms with Crippen LogP contribution in [-0.2, 0) is 0 Å². The maximum absolute atomic E-state index is 10.6. The van der Waals surface area contributed by atoms with E-state index < -0.39 is 0 Å². The van der Waals surface area contributed by atoms with Gasteiger partial charge >= 0.3 is 0 Å². The monoisotopic (exact) mass is 260 g/mol. The zero-order valence-electron chi connectivity index (χ0n) is 10.0. The summed E-state index contributed by atoms with van der Waals surface area (Å²) in [5.74, 6) is 0.835. The molecule has 2 aromatic rings. The fourth-order valence-electron chi connectivity index (χ4n) is 1.74. The molecule has 0 spiro atoms. The smallest absolute Gasteiger partial charge is 0.150 e. The van der Waals surface area contributed by atoms with E-state index in [0.29, 0.717) is 17.2 Å². The molecule has 0 saturated heterocycles. The molecule has 0 unspecified atom stereocenters. The van der Waals surface area contributed by atoms with Gasteiger partial charge in [-0.2, -0.15) is 0 Å². The fraction of sp³-hybridized carbons (Fsp3) is 0.133. The molecule has 0 bridgehead atoms. The van der Waals surface area contributed by atoms with Crippen molar-refractivity contribution in [3.8, 4) is 16.9 Å². The van der Waals surface area contributed by atoms with Crippen LogP contribution < -0.4 is 4.74 Å². The van der Waals surface area contributed by atoms with Gasteiger partial charge in [0.1, 0.15) is 12.0 Å². The molecule has 2 aromatic carbocycles. The normalized spacial score (nSPS) is 10.1. The fourth-order valence-corrected chi connectivity index (χ4v) is 2.03. The summed E-state index contributed by atoms with van der Waals surface area (Å²) < 4.78 is 5.38. The zero-order valence-corrected chi connectivity index (χ0v) is 10.8. The zero-order chi connectivity index (χ0) is 13.0. The van der Waals surface area contributed by atoms with Crippen LogP contribution in [0.1, 0.15) is 17.3 Å². The van der Waals surface area contributed by atoms with Crippen molar-refractivity contribution in [1.82, 2.24) is 0 Å². The predicted molar refractivity (Wildman–Crippen MR) is 73.4 cm³/mol. The Balaban J connectivity index is 2.33. The summed E-state index contributed by atoms with van der Waals surface area (Å²) in [5.41, 5.74) is 2.49. The third-order valence-corrected chi connectivity index (χ3v) is 2.92. The van der Waals surface area contributed by atoms with Crippen molar-refractivity contribution in [1.29, 1.82) is 0 Å². The molecule has 0 atom stereocenters. The maximum Gasteiger partial charge on any atom is 0.150 e. The largest absolute Gasteiger partial charge is 0.494 e. The highest BCUT2D eigenvalue weighted by Gasteiger charge is 2.04. The number of hydrogen-bond acceptors (Lipinski definition) is 2. The lowest BCUT2D eigenvalue weighted by atomic mass is 10.0. The van der Waals surface area contributed by atoms with Crippen molar-refractivity contribution in [2.75, 3.05) is 6.61 Å². The number of hydrogen-bond donors (Lipinski definition) is 0. The molecule has 3 heteroatoms. The Labute approximate surface area is 111 Å². The quantitative estimate of drug-likeness (QED) is 0.770. The molecule has 0 fully saturated rings. The van der Waals surface area contributed by atoms with Crippen LogP contribution in [0.25, 0.3) is 11.1 Å². The summed E-state index contributed by atoms with van der Waals surface area (Å²) in [5, 5.41) is 0.573. The van der Waals surface area contributed by atoms with Gasteiger partial charge in [0, 0.05) is 16.1 Å². The minimum absolute atomic E-state index is 0.573. The van der Waals surface area contributed by atoms with Gasteiger partial charge in [0.15, 0.2) is 0 Å². The third kappa shape index (κ3) is 2.71. The molecule has 92 valence electrons. The number of carbonyl (C=O) groups excluding carboxylic acids is 1. The maximum atomic E-state index is 10.6. The Morgan fingerprint density at radius 1 is 1.17 bits per heavy atom. The van der Waals surface area contributed by atoms with E-state index in [2.05, 4.69) is 0 Å². The molecule has 0 aliphatic carbocycles. The van der Waals surface area contributed by atoms with Crippen molar-refractivity contribution >= 4 is 17.9 Å². The Hall–Kier alpha value is -1.80. The second-order valence-corrected chi connectivity index (χ2v) is 4.22. The van der Waals surface area contributed by atoms with Gasteiger partial charge in [-0.3, -0.25) is 4.79 Å². The van der Waals surface area contributed by atoms with Gasteiger partial charge in [-0.15, -0.1) is 0 Å². The van der Waals surface area contributed by atoms with Crippen LogP contribution >= 0.6 is 11.6 Å². The third-order valence-electron chi connectivity index (χ3n) is 2.61. The Kier molecular flexibility index (Phi) is 4.00. The number of rotatable bonds is 4. The molecule has 2 nitrogen and oxygen atoms in total. The van der Waals surface area contributed by atoms with E-state index in [-0.39, 0.29) is 0 Å². The highest BCUT2D eigenvalue weighted by atomic mass is 35.5. The summed E-state index contributed by atoms with van der Waals surface area (Å²) in [6, 6.07) is 13.0. The molecule has 0 aliphatic heterocycles. The van der Waals surface area contributed by atoms with Crippen LogP contribution in [0.3, 0.4) is 0 Å². The number of aldehydes is 1. The van der Waals surface area contributed by atoms with Gasteiger partial charge in [-0.1, -0.05) is 35.9 Å². The Morgan fingerprint density at radius 2 is 1.89 bits per heavy atom. The van der Waals surface area contributed by atoms with Gasteiger partial charge in [0.2, 0.25) is 0 Å². The van der Waals surface area contributed by atoms with E-state index >= 15 is 0 Å². The first kappa shape index (κ1) is 12.7. The van der Waals surface area contributed by atoms with Gasteiger partial charge < -0.3 is 4.74 Å². The van der Waals surface area contributed by atoms with Gasteiger partial charge in [-0.25, -0.2) is 0 Å². The topological polar surface area (TPSA) is 26.3 Å². The molecule has 0 aromatic heterocycles. The van der Waals surface area contributed by atoms with E-state index in [4.69, 9.17) is 16.3 Å². The number of carbonyl (C=O) groups is 1. The van der Waals surface area contributed by atoms with E-state index in [1.807, 2.05) is 37.3 Å². The second-order valence-electron chi connectivity index (χ2n) is 3.81. The summed E-state index contributed by atoms with van der Waals surface area (Å²) in [4.78, 5) is 10.6. The summed E-state index contributed by atoms with van der Waals surface area (Å²) in [7, 11) is 0. The predicted octanol–water partition coefficient (Wildman–Crippen LogP) is 4.22. The van der Waals surface area contributed by atoms with Gasteiger partial charge in [0.25, 0.3) is 0 Å². The van der Waals surface area contributed by atoms with E-state index in [1.165, 1.54) is 0 Å². The van der Waals surface area contributed by atoms with Crippen molar-refractivity contribution < 1.29 is 9.53 Å². The summed E-state index contributed by atoms with van der Waals surface area (Å²) >= 11 is 6.15. The van der Waals surface area contributed by atoms with E-state index in [9.17, 15) is 4.79 Å². The van der Waals surface area contributed by atoms with Crippen LogP contribution in [0.2, 0.25) is 5.02 Å². The summed E-state index contributed by atoms with van der Waals surface area (Å²) in [6.45, 7) is 2.59. The molecular formula is C15H13ClO2. The lowest BCUT2D eigenvalue weighted by molar-refractivity contribution is 0.112. The van der Waals surface area contributed by atoms with Crippen LogP contribution in [0.15, 0.2) is 42.5 Å². The Bertz CT molecular complexity index is 547. The first-order chi connectivity index (χ1) is 8.74. The highest BCUT2D eigenvalue weighted by Crippen LogP contribution is 2.29. The Morgan fingerprint density at radius 3 is 2.44 bits per heavy atom. The average Bonchev–Trinajstić information content (AvgIpc) is 2.40. The number of benzene rings is 2. The molecule has 2 rings (SSSR count). The van der Waals surface area contributed by atoms with Crippen LogP contribution in [0, 0.1) is 0 Å². The standard InChI is InChI=1S/C15H13ClO2/c1-2-18-13-6-4-12(5-7-13)14-8-3-11(10-17)9-15(14)16/h3-10H,2H2,1H3. The molecule has 0 radical (unpaired) electrons. The number of ether oxygens (including phenoxy) is 1. The highest BCUT2D eigenvalue weighted by molar-refractivity contribution is 6.33. The lowest BCUT2D eigenvalue weighted by Gasteiger charge is -2.07. The van der Waals surface area contributed by atoms with Crippen LogP contribution in [0.5, 0.6) is 5.75 Å². The van der Waals surface area contributed by atoms with Crippen molar-refractivity contribution in [3.63, 3.8) is 0 Å². The van der Waals surface area contributed by atoms with Crippen LogP contribution in [0.4, 0.5) is 0 Å². The van der Waals surface area contributed by atoms with Crippen molar-refractivity contribution in [2.45, 2.75) is 6.92 Å². The molecular weight excluding hydrogens is 248 g/mol. The summed E-state index contributed by atoms with van der Waals surface area (Å²) in [6.07, 6.45) is 0.786. The van der Waals surface area contributed by atoms with Crippen molar-refractivity contribution in [2.24, 2.45) is 0 Å². The van der Waals surface area contributed by atoms with Gasteiger partial charge in [0.05, 0.1) is 6.61 Å². The first-order valence-corrected chi connectivity index (χ1v) is 6.10.